The highest BCUT2D eigenvalue weighted by Crippen LogP contribution is 2.22. The van der Waals surface area contributed by atoms with Crippen molar-refractivity contribution in [3.05, 3.63) is 0 Å². The van der Waals surface area contributed by atoms with Gasteiger partial charge in [0.15, 0.2) is 0 Å². The lowest BCUT2D eigenvalue weighted by molar-refractivity contribution is 0.261. The molecule has 114 valence electrons. The summed E-state index contributed by atoms with van der Waals surface area (Å²) < 4.78 is 26.2. The van der Waals surface area contributed by atoms with Gasteiger partial charge in [0.1, 0.15) is 0 Å². The van der Waals surface area contributed by atoms with Crippen LogP contribution in [0.15, 0.2) is 0 Å². The summed E-state index contributed by atoms with van der Waals surface area (Å²) in [6.07, 6.45) is 6.15. The van der Waals surface area contributed by atoms with E-state index < -0.39 is 10.0 Å². The summed E-state index contributed by atoms with van der Waals surface area (Å²) in [4.78, 5) is 0. The van der Waals surface area contributed by atoms with Gasteiger partial charge in [0, 0.05) is 13.1 Å². The molecular formula is C14H30N2O2S. The Morgan fingerprint density at radius 2 is 2.00 bits per heavy atom. The van der Waals surface area contributed by atoms with Crippen molar-refractivity contribution in [2.75, 3.05) is 31.9 Å². The number of hydrogen-bond acceptors (Lipinski definition) is 3. The van der Waals surface area contributed by atoms with Crippen LogP contribution in [0, 0.1) is 5.92 Å². The molecular weight excluding hydrogens is 260 g/mol. The Morgan fingerprint density at radius 3 is 2.68 bits per heavy atom. The van der Waals surface area contributed by atoms with Crippen molar-refractivity contribution < 1.29 is 8.42 Å². The molecule has 0 bridgehead atoms. The van der Waals surface area contributed by atoms with E-state index >= 15 is 0 Å². The van der Waals surface area contributed by atoms with Crippen LogP contribution in [0.2, 0.25) is 0 Å². The third-order valence-electron chi connectivity index (χ3n) is 3.89. The molecule has 1 aliphatic rings. The Morgan fingerprint density at radius 1 is 1.21 bits per heavy atom. The van der Waals surface area contributed by atoms with Crippen LogP contribution in [0.1, 0.15) is 52.4 Å². The van der Waals surface area contributed by atoms with E-state index in [2.05, 4.69) is 19.2 Å². The number of unbranched alkanes of at least 4 members (excludes halogenated alkanes) is 1. The normalized spacial score (nSPS) is 21.7. The summed E-state index contributed by atoms with van der Waals surface area (Å²) in [6.45, 7) is 7.72. The van der Waals surface area contributed by atoms with Crippen molar-refractivity contribution >= 4 is 10.0 Å². The van der Waals surface area contributed by atoms with Crippen molar-refractivity contribution in [2.24, 2.45) is 5.92 Å². The third kappa shape index (κ3) is 6.23. The lowest BCUT2D eigenvalue weighted by atomic mass is 9.97. The highest BCUT2D eigenvalue weighted by Gasteiger charge is 2.27. The molecule has 0 aromatic heterocycles. The minimum absolute atomic E-state index is 0.317. The molecule has 0 spiro atoms. The molecule has 1 heterocycles. The number of nitrogens with zero attached hydrogens (tertiary/aromatic N) is 1. The molecule has 1 unspecified atom stereocenters. The molecule has 0 aliphatic carbocycles. The monoisotopic (exact) mass is 290 g/mol. The number of nitrogens with one attached hydrogen (secondary N) is 1. The highest BCUT2D eigenvalue weighted by atomic mass is 32.2. The molecule has 1 N–H and O–H groups in total. The molecule has 4 nitrogen and oxygen atoms in total. The maximum atomic E-state index is 12.2. The van der Waals surface area contributed by atoms with Crippen LogP contribution >= 0.6 is 0 Å². The zero-order valence-electron chi connectivity index (χ0n) is 12.5. The van der Waals surface area contributed by atoms with Crippen LogP contribution in [0.25, 0.3) is 0 Å². The van der Waals surface area contributed by atoms with Crippen molar-refractivity contribution in [1.82, 2.24) is 9.62 Å². The molecule has 1 rings (SSSR count). The van der Waals surface area contributed by atoms with E-state index in [-0.39, 0.29) is 0 Å². The number of hydrogen-bond donors (Lipinski definition) is 1. The smallest absolute Gasteiger partial charge is 0.214 e. The van der Waals surface area contributed by atoms with E-state index in [1.54, 1.807) is 4.31 Å². The first-order chi connectivity index (χ1) is 9.10. The first-order valence-corrected chi connectivity index (χ1v) is 9.39. The standard InChI is InChI=1S/C14H30N2O2S/c1-3-9-15-10-5-6-12-19(17,18)16-11-7-8-14(4-2)13-16/h14-15H,3-13H2,1-2H3. The zero-order valence-corrected chi connectivity index (χ0v) is 13.3. The Labute approximate surface area is 119 Å². The van der Waals surface area contributed by atoms with Crippen LogP contribution in [-0.4, -0.2) is 44.7 Å². The SMILES string of the molecule is CCCNCCCCS(=O)(=O)N1CCCC(CC)C1. The van der Waals surface area contributed by atoms with Gasteiger partial charge in [-0.2, -0.15) is 0 Å². The first kappa shape index (κ1) is 16.9. The minimum Gasteiger partial charge on any atom is -0.317 e. The molecule has 1 saturated heterocycles. The van der Waals surface area contributed by atoms with Crippen molar-refractivity contribution in [3.8, 4) is 0 Å². The fourth-order valence-electron chi connectivity index (χ4n) is 2.58. The van der Waals surface area contributed by atoms with Gasteiger partial charge in [0.2, 0.25) is 10.0 Å². The van der Waals surface area contributed by atoms with E-state index in [0.717, 1.165) is 58.3 Å². The molecule has 0 aromatic carbocycles. The number of piperidine rings is 1. The average Bonchev–Trinajstić information content (AvgIpc) is 2.43. The predicted molar refractivity (Wildman–Crippen MR) is 80.8 cm³/mol. The van der Waals surface area contributed by atoms with Gasteiger partial charge in [-0.15, -0.1) is 0 Å². The van der Waals surface area contributed by atoms with E-state index in [9.17, 15) is 8.42 Å². The van der Waals surface area contributed by atoms with Crippen molar-refractivity contribution in [1.29, 1.82) is 0 Å². The van der Waals surface area contributed by atoms with Gasteiger partial charge in [0.25, 0.3) is 0 Å². The summed E-state index contributed by atoms with van der Waals surface area (Å²) in [6, 6.07) is 0. The summed E-state index contributed by atoms with van der Waals surface area (Å²) in [7, 11) is -3.01. The number of sulfonamides is 1. The van der Waals surface area contributed by atoms with E-state index in [1.807, 2.05) is 0 Å². The fourth-order valence-corrected chi connectivity index (χ4v) is 4.25. The molecule has 1 fully saturated rings. The van der Waals surface area contributed by atoms with Gasteiger partial charge in [-0.25, -0.2) is 12.7 Å². The maximum Gasteiger partial charge on any atom is 0.214 e. The minimum atomic E-state index is -3.01. The summed E-state index contributed by atoms with van der Waals surface area (Å²) >= 11 is 0. The quantitative estimate of drug-likeness (QED) is 0.662. The van der Waals surface area contributed by atoms with Crippen LogP contribution in [0.3, 0.4) is 0 Å². The summed E-state index contributed by atoms with van der Waals surface area (Å²) in [5, 5.41) is 3.31. The Bertz CT molecular complexity index is 330. The number of rotatable bonds is 9. The highest BCUT2D eigenvalue weighted by molar-refractivity contribution is 7.89. The second-order valence-electron chi connectivity index (χ2n) is 5.55. The Kier molecular flexibility index (Phi) is 7.95. The second-order valence-corrected chi connectivity index (χ2v) is 7.64. The summed E-state index contributed by atoms with van der Waals surface area (Å²) in [5.41, 5.74) is 0. The topological polar surface area (TPSA) is 49.4 Å². The Balaban J connectivity index is 2.26. The van der Waals surface area contributed by atoms with Gasteiger partial charge in [-0.1, -0.05) is 20.3 Å². The first-order valence-electron chi connectivity index (χ1n) is 7.78. The fraction of sp³-hybridized carbons (Fsp3) is 1.00. The molecule has 5 heteroatoms. The lowest BCUT2D eigenvalue weighted by Gasteiger charge is -2.31. The van der Waals surface area contributed by atoms with Crippen LogP contribution in [-0.2, 0) is 10.0 Å². The molecule has 1 aliphatic heterocycles. The van der Waals surface area contributed by atoms with Gasteiger partial charge in [-0.05, 0) is 51.1 Å². The van der Waals surface area contributed by atoms with Crippen molar-refractivity contribution in [2.45, 2.75) is 52.4 Å². The van der Waals surface area contributed by atoms with E-state index in [4.69, 9.17) is 0 Å². The maximum absolute atomic E-state index is 12.2. The van der Waals surface area contributed by atoms with Crippen molar-refractivity contribution in [3.63, 3.8) is 0 Å². The predicted octanol–water partition coefficient (Wildman–Crippen LogP) is 2.22. The zero-order chi connectivity index (χ0) is 14.1. The molecule has 0 aromatic rings. The average molecular weight is 290 g/mol. The lowest BCUT2D eigenvalue weighted by Crippen LogP contribution is -2.41. The third-order valence-corrected chi connectivity index (χ3v) is 5.81. The largest absolute Gasteiger partial charge is 0.317 e. The van der Waals surface area contributed by atoms with E-state index in [1.165, 1.54) is 6.42 Å². The molecule has 0 saturated carbocycles. The van der Waals surface area contributed by atoms with Gasteiger partial charge < -0.3 is 5.32 Å². The van der Waals surface area contributed by atoms with Gasteiger partial charge in [0.05, 0.1) is 5.75 Å². The van der Waals surface area contributed by atoms with Crippen LogP contribution < -0.4 is 5.32 Å². The molecule has 19 heavy (non-hydrogen) atoms. The van der Waals surface area contributed by atoms with Crippen LogP contribution in [0.5, 0.6) is 0 Å². The summed E-state index contributed by atoms with van der Waals surface area (Å²) in [5.74, 6) is 0.881. The molecule has 0 amide bonds. The Hall–Kier alpha value is -0.130. The van der Waals surface area contributed by atoms with E-state index in [0.29, 0.717) is 11.7 Å². The van der Waals surface area contributed by atoms with Gasteiger partial charge >= 0.3 is 0 Å². The molecule has 1 atom stereocenters. The molecule has 0 radical (unpaired) electrons. The second kappa shape index (κ2) is 8.93. The van der Waals surface area contributed by atoms with Crippen LogP contribution in [0.4, 0.5) is 0 Å². The van der Waals surface area contributed by atoms with Gasteiger partial charge in [-0.3, -0.25) is 0 Å².